The number of fused-ring (bicyclic) bond motifs is 1. The molecule has 4 rings (SSSR count). The number of carbonyl (C=O) groups is 3. The lowest BCUT2D eigenvalue weighted by molar-refractivity contribution is 0.0924. The van der Waals surface area contributed by atoms with Crippen LogP contribution in [0.3, 0.4) is 0 Å². The number of hydrogen-bond acceptors (Lipinski definition) is 4. The molecule has 3 aromatic carbocycles. The Morgan fingerprint density at radius 2 is 1.63 bits per heavy atom. The van der Waals surface area contributed by atoms with Crippen LogP contribution in [-0.4, -0.2) is 24.8 Å². The average molecular weight is 421 g/mol. The summed E-state index contributed by atoms with van der Waals surface area (Å²) in [6.45, 7) is 1.82. The Morgan fingerprint density at radius 1 is 0.967 bits per heavy atom. The predicted octanol–water partition coefficient (Wildman–Crippen LogP) is 4.71. The van der Waals surface area contributed by atoms with Gasteiger partial charge in [0.2, 0.25) is 0 Å². The van der Waals surface area contributed by atoms with E-state index in [1.165, 1.54) is 13.2 Å². The molecule has 150 valence electrons. The van der Waals surface area contributed by atoms with Crippen molar-refractivity contribution in [2.45, 2.75) is 6.92 Å². The summed E-state index contributed by atoms with van der Waals surface area (Å²) in [7, 11) is 1.49. The molecule has 30 heavy (non-hydrogen) atoms. The molecule has 6 nitrogen and oxygen atoms in total. The van der Waals surface area contributed by atoms with Crippen molar-refractivity contribution in [3.05, 3.63) is 87.9 Å². The molecular weight excluding hydrogens is 404 g/mol. The van der Waals surface area contributed by atoms with Crippen LogP contribution >= 0.6 is 11.6 Å². The quantitative estimate of drug-likeness (QED) is 0.620. The van der Waals surface area contributed by atoms with E-state index in [0.717, 1.165) is 10.5 Å². The van der Waals surface area contributed by atoms with Gasteiger partial charge in [0.1, 0.15) is 5.75 Å². The van der Waals surface area contributed by atoms with Gasteiger partial charge in [-0.05, 0) is 48.9 Å². The van der Waals surface area contributed by atoms with Crippen molar-refractivity contribution in [1.29, 1.82) is 0 Å². The molecule has 0 bridgehead atoms. The number of benzene rings is 3. The van der Waals surface area contributed by atoms with Crippen LogP contribution in [0.5, 0.6) is 5.75 Å². The molecule has 1 aliphatic rings. The van der Waals surface area contributed by atoms with E-state index in [4.69, 9.17) is 16.3 Å². The van der Waals surface area contributed by atoms with Gasteiger partial charge in [0.05, 0.1) is 29.6 Å². The Bertz CT molecular complexity index is 1170. The number of aryl methyl sites for hydroxylation is 1. The molecule has 0 radical (unpaired) electrons. The molecular formula is C23H17ClN2O4. The van der Waals surface area contributed by atoms with Crippen LogP contribution in [0.4, 0.5) is 11.4 Å². The van der Waals surface area contributed by atoms with Crippen molar-refractivity contribution in [2.75, 3.05) is 17.3 Å². The molecule has 1 N–H and O–H groups in total. The van der Waals surface area contributed by atoms with E-state index in [9.17, 15) is 14.4 Å². The third-order valence-electron chi connectivity index (χ3n) is 4.89. The maximum Gasteiger partial charge on any atom is 0.266 e. The number of methoxy groups -OCH3 is 1. The summed E-state index contributed by atoms with van der Waals surface area (Å²) < 4.78 is 5.29. The number of ether oxygens (including phenoxy) is 1. The summed E-state index contributed by atoms with van der Waals surface area (Å²) in [4.78, 5) is 39.3. The minimum atomic E-state index is -0.414. The van der Waals surface area contributed by atoms with Crippen LogP contribution < -0.4 is 15.0 Å². The van der Waals surface area contributed by atoms with E-state index in [-0.39, 0.29) is 0 Å². The van der Waals surface area contributed by atoms with Crippen LogP contribution in [0, 0.1) is 6.92 Å². The first-order valence-electron chi connectivity index (χ1n) is 9.14. The highest BCUT2D eigenvalue weighted by Crippen LogP contribution is 2.32. The molecule has 0 saturated carbocycles. The number of hydrogen-bond donors (Lipinski definition) is 1. The maximum absolute atomic E-state index is 12.8. The van der Waals surface area contributed by atoms with Gasteiger partial charge in [-0.3, -0.25) is 14.4 Å². The summed E-state index contributed by atoms with van der Waals surface area (Å²) in [5.41, 5.74) is 2.56. The summed E-state index contributed by atoms with van der Waals surface area (Å²) in [5.74, 6) is -0.810. The van der Waals surface area contributed by atoms with Crippen LogP contribution in [0.1, 0.15) is 36.6 Å². The Labute approximate surface area is 178 Å². The summed E-state index contributed by atoms with van der Waals surface area (Å²) in [6, 6.07) is 16.3. The predicted molar refractivity (Wildman–Crippen MR) is 115 cm³/mol. The molecule has 1 aliphatic heterocycles. The minimum absolute atomic E-state index is 0.290. The summed E-state index contributed by atoms with van der Waals surface area (Å²) in [6.07, 6.45) is 0. The van der Waals surface area contributed by atoms with Gasteiger partial charge < -0.3 is 10.1 Å². The Kier molecular flexibility index (Phi) is 5.01. The SMILES string of the molecule is COc1cc(Cl)c(C)cc1NC(=O)c1cccc(N2C(=O)c3ccccc3C2=O)c1. The lowest BCUT2D eigenvalue weighted by atomic mass is 10.1. The minimum Gasteiger partial charge on any atom is -0.495 e. The second-order valence-corrected chi connectivity index (χ2v) is 7.20. The molecule has 0 aromatic heterocycles. The number of nitrogens with zero attached hydrogens (tertiary/aromatic N) is 1. The van der Waals surface area contributed by atoms with Crippen LogP contribution in [0.25, 0.3) is 0 Å². The number of halogens is 1. The fourth-order valence-electron chi connectivity index (χ4n) is 3.33. The first-order valence-corrected chi connectivity index (χ1v) is 9.52. The standard InChI is InChI=1S/C23H17ClN2O4/c1-13-10-19(20(30-2)12-18(13)24)25-21(27)14-6-5-7-15(11-14)26-22(28)16-8-3-4-9-17(16)23(26)29/h3-12H,1-2H3,(H,25,27). The van der Waals surface area contributed by atoms with E-state index >= 15 is 0 Å². The molecule has 3 aromatic rings. The third kappa shape index (κ3) is 3.31. The van der Waals surface area contributed by atoms with Crippen LogP contribution in [-0.2, 0) is 0 Å². The van der Waals surface area contributed by atoms with Gasteiger partial charge in [0, 0.05) is 16.7 Å². The highest BCUT2D eigenvalue weighted by molar-refractivity contribution is 6.34. The number of amides is 3. The van der Waals surface area contributed by atoms with Crippen molar-refractivity contribution in [3.8, 4) is 5.75 Å². The molecule has 0 spiro atoms. The Balaban J connectivity index is 1.64. The fraction of sp³-hybridized carbons (Fsp3) is 0.0870. The van der Waals surface area contributed by atoms with Gasteiger partial charge in [-0.15, -0.1) is 0 Å². The lowest BCUT2D eigenvalue weighted by Gasteiger charge is -2.16. The van der Waals surface area contributed by atoms with Crippen molar-refractivity contribution in [3.63, 3.8) is 0 Å². The number of nitrogens with one attached hydrogen (secondary N) is 1. The molecule has 3 amide bonds. The maximum atomic E-state index is 12.8. The van der Waals surface area contributed by atoms with Crippen LogP contribution in [0.2, 0.25) is 5.02 Å². The van der Waals surface area contributed by atoms with Gasteiger partial charge in [-0.25, -0.2) is 4.90 Å². The zero-order valence-corrected chi connectivity index (χ0v) is 17.0. The highest BCUT2D eigenvalue weighted by Gasteiger charge is 2.36. The third-order valence-corrected chi connectivity index (χ3v) is 5.30. The number of rotatable bonds is 4. The highest BCUT2D eigenvalue weighted by atomic mass is 35.5. The smallest absolute Gasteiger partial charge is 0.266 e. The monoisotopic (exact) mass is 420 g/mol. The average Bonchev–Trinajstić information content (AvgIpc) is 3.01. The van der Waals surface area contributed by atoms with Crippen molar-refractivity contribution < 1.29 is 19.1 Å². The topological polar surface area (TPSA) is 75.7 Å². The molecule has 0 aliphatic carbocycles. The second-order valence-electron chi connectivity index (χ2n) is 6.80. The largest absolute Gasteiger partial charge is 0.495 e. The first-order chi connectivity index (χ1) is 14.4. The van der Waals surface area contributed by atoms with Crippen molar-refractivity contribution >= 4 is 40.7 Å². The summed E-state index contributed by atoms with van der Waals surface area (Å²) >= 11 is 6.12. The second kappa shape index (κ2) is 7.65. The van der Waals surface area contributed by atoms with E-state index in [1.54, 1.807) is 54.6 Å². The van der Waals surface area contributed by atoms with Gasteiger partial charge >= 0.3 is 0 Å². The van der Waals surface area contributed by atoms with Gasteiger partial charge in [-0.1, -0.05) is 29.8 Å². The van der Waals surface area contributed by atoms with E-state index in [0.29, 0.717) is 38.8 Å². The van der Waals surface area contributed by atoms with E-state index < -0.39 is 17.7 Å². The first kappa shape index (κ1) is 19.7. The van der Waals surface area contributed by atoms with Gasteiger partial charge in [0.25, 0.3) is 17.7 Å². The molecule has 0 saturated heterocycles. The fourth-order valence-corrected chi connectivity index (χ4v) is 3.49. The Hall–Kier alpha value is -3.64. The van der Waals surface area contributed by atoms with Gasteiger partial charge in [0.15, 0.2) is 0 Å². The van der Waals surface area contributed by atoms with E-state index in [2.05, 4.69) is 5.32 Å². The lowest BCUT2D eigenvalue weighted by Crippen LogP contribution is -2.29. The molecule has 0 unspecified atom stereocenters. The van der Waals surface area contributed by atoms with Crippen molar-refractivity contribution in [2.24, 2.45) is 0 Å². The number of imide groups is 1. The zero-order chi connectivity index (χ0) is 21.4. The van der Waals surface area contributed by atoms with Crippen molar-refractivity contribution in [1.82, 2.24) is 0 Å². The Morgan fingerprint density at radius 3 is 2.27 bits per heavy atom. The van der Waals surface area contributed by atoms with Crippen LogP contribution in [0.15, 0.2) is 60.7 Å². The number of anilines is 2. The zero-order valence-electron chi connectivity index (χ0n) is 16.2. The number of carbonyl (C=O) groups excluding carboxylic acids is 3. The molecule has 0 fully saturated rings. The normalized spacial score (nSPS) is 12.7. The molecule has 0 atom stereocenters. The van der Waals surface area contributed by atoms with Gasteiger partial charge in [-0.2, -0.15) is 0 Å². The summed E-state index contributed by atoms with van der Waals surface area (Å²) in [5, 5.41) is 3.32. The molecule has 1 heterocycles. The van der Waals surface area contributed by atoms with E-state index in [1.807, 2.05) is 6.92 Å². The molecule has 7 heteroatoms.